The summed E-state index contributed by atoms with van der Waals surface area (Å²) in [5.74, 6) is 0.892. The molecule has 0 bridgehead atoms. The second-order valence-electron chi connectivity index (χ2n) is 5.43. The molecule has 2 nitrogen and oxygen atoms in total. The smallest absolute Gasteiger partial charge is 0.0916 e. The zero-order chi connectivity index (χ0) is 12.8. The number of hydrogen-bond acceptors (Lipinski definition) is 2. The highest BCUT2D eigenvalue weighted by Crippen LogP contribution is 2.22. The summed E-state index contributed by atoms with van der Waals surface area (Å²) in [7, 11) is 0. The summed E-state index contributed by atoms with van der Waals surface area (Å²) in [5.41, 5.74) is 1.04. The molecule has 1 heterocycles. The van der Waals surface area contributed by atoms with Crippen molar-refractivity contribution in [2.45, 2.75) is 38.7 Å². The Morgan fingerprint density at radius 3 is 2.72 bits per heavy atom. The number of likely N-dealkylation sites (tertiary alicyclic amines) is 1. The van der Waals surface area contributed by atoms with Crippen molar-refractivity contribution < 1.29 is 5.11 Å². The van der Waals surface area contributed by atoms with Gasteiger partial charge in [-0.1, -0.05) is 43.7 Å². The fraction of sp³-hybridized carbons (Fsp3) is 0.625. The molecule has 1 aromatic rings. The van der Waals surface area contributed by atoms with Crippen molar-refractivity contribution in [3.63, 3.8) is 0 Å². The summed E-state index contributed by atoms with van der Waals surface area (Å²) in [6, 6.07) is 10.0. The number of benzene rings is 1. The van der Waals surface area contributed by atoms with Gasteiger partial charge in [0.15, 0.2) is 0 Å². The zero-order valence-corrected chi connectivity index (χ0v) is 11.4. The first-order chi connectivity index (χ1) is 8.79. The SMILES string of the molecule is CCC1CCCN(CC(O)c2ccccc2)CC1. The van der Waals surface area contributed by atoms with Crippen LogP contribution in [0.1, 0.15) is 44.3 Å². The predicted molar refractivity (Wildman–Crippen MR) is 75.5 cm³/mol. The fourth-order valence-corrected chi connectivity index (χ4v) is 2.84. The lowest BCUT2D eigenvalue weighted by Crippen LogP contribution is -2.29. The second kappa shape index (κ2) is 6.91. The molecule has 0 spiro atoms. The summed E-state index contributed by atoms with van der Waals surface area (Å²) < 4.78 is 0. The van der Waals surface area contributed by atoms with E-state index in [1.165, 1.54) is 25.7 Å². The van der Waals surface area contributed by atoms with Crippen LogP contribution < -0.4 is 0 Å². The molecule has 1 aliphatic heterocycles. The minimum atomic E-state index is -0.343. The summed E-state index contributed by atoms with van der Waals surface area (Å²) in [6.07, 6.45) is 4.88. The Morgan fingerprint density at radius 1 is 1.22 bits per heavy atom. The van der Waals surface area contributed by atoms with E-state index in [1.54, 1.807) is 0 Å². The molecule has 0 amide bonds. The van der Waals surface area contributed by atoms with Gasteiger partial charge in [0.2, 0.25) is 0 Å². The first kappa shape index (κ1) is 13.6. The Bertz CT molecular complexity index is 338. The van der Waals surface area contributed by atoms with Gasteiger partial charge in [-0.25, -0.2) is 0 Å². The molecule has 1 N–H and O–H groups in total. The van der Waals surface area contributed by atoms with Crippen LogP contribution in [-0.4, -0.2) is 29.6 Å². The van der Waals surface area contributed by atoms with Crippen molar-refractivity contribution in [3.05, 3.63) is 35.9 Å². The number of nitrogens with zero attached hydrogens (tertiary/aromatic N) is 1. The number of hydrogen-bond donors (Lipinski definition) is 1. The van der Waals surface area contributed by atoms with Gasteiger partial charge in [-0.2, -0.15) is 0 Å². The van der Waals surface area contributed by atoms with Gasteiger partial charge >= 0.3 is 0 Å². The maximum atomic E-state index is 10.2. The molecular formula is C16H25NO. The van der Waals surface area contributed by atoms with Crippen LogP contribution in [-0.2, 0) is 0 Å². The van der Waals surface area contributed by atoms with Crippen LogP contribution in [0.25, 0.3) is 0 Å². The second-order valence-corrected chi connectivity index (χ2v) is 5.43. The normalized spacial score (nSPS) is 23.6. The number of aliphatic hydroxyl groups excluding tert-OH is 1. The average Bonchev–Trinajstić information content (AvgIpc) is 2.65. The molecule has 2 atom stereocenters. The quantitative estimate of drug-likeness (QED) is 0.883. The third kappa shape index (κ3) is 3.82. The van der Waals surface area contributed by atoms with Crippen LogP contribution >= 0.6 is 0 Å². The molecule has 2 rings (SSSR count). The van der Waals surface area contributed by atoms with Gasteiger partial charge in [-0.15, -0.1) is 0 Å². The van der Waals surface area contributed by atoms with E-state index in [0.717, 1.165) is 31.1 Å². The molecule has 18 heavy (non-hydrogen) atoms. The monoisotopic (exact) mass is 247 g/mol. The highest BCUT2D eigenvalue weighted by atomic mass is 16.3. The Hall–Kier alpha value is -0.860. The van der Waals surface area contributed by atoms with E-state index in [2.05, 4.69) is 11.8 Å². The first-order valence-corrected chi connectivity index (χ1v) is 7.25. The van der Waals surface area contributed by atoms with Gasteiger partial charge in [-0.05, 0) is 43.8 Å². The molecule has 0 saturated carbocycles. The van der Waals surface area contributed by atoms with E-state index in [4.69, 9.17) is 0 Å². The van der Waals surface area contributed by atoms with E-state index in [0.29, 0.717) is 0 Å². The predicted octanol–water partition coefficient (Wildman–Crippen LogP) is 3.23. The van der Waals surface area contributed by atoms with Gasteiger partial charge in [0, 0.05) is 6.54 Å². The number of β-amino-alcohol motifs (C(OH)–C–C–N with tert-alkyl or cyclic N) is 1. The highest BCUT2D eigenvalue weighted by molar-refractivity contribution is 5.17. The average molecular weight is 247 g/mol. The first-order valence-electron chi connectivity index (χ1n) is 7.25. The summed E-state index contributed by atoms with van der Waals surface area (Å²) in [5, 5.41) is 10.2. The van der Waals surface area contributed by atoms with E-state index in [1.807, 2.05) is 30.3 Å². The summed E-state index contributed by atoms with van der Waals surface area (Å²) in [4.78, 5) is 2.42. The van der Waals surface area contributed by atoms with Crippen LogP contribution in [0, 0.1) is 5.92 Å². The van der Waals surface area contributed by atoms with Gasteiger partial charge < -0.3 is 10.0 Å². The molecule has 100 valence electrons. The topological polar surface area (TPSA) is 23.5 Å². The van der Waals surface area contributed by atoms with Crippen LogP contribution in [0.4, 0.5) is 0 Å². The highest BCUT2D eigenvalue weighted by Gasteiger charge is 2.18. The molecule has 0 aliphatic carbocycles. The van der Waals surface area contributed by atoms with Gasteiger partial charge in [-0.3, -0.25) is 0 Å². The largest absolute Gasteiger partial charge is 0.387 e. The fourth-order valence-electron chi connectivity index (χ4n) is 2.84. The molecule has 0 radical (unpaired) electrons. The lowest BCUT2D eigenvalue weighted by molar-refractivity contribution is 0.114. The standard InChI is InChI=1S/C16H25NO/c1-2-14-7-6-11-17(12-10-14)13-16(18)15-8-4-3-5-9-15/h3-5,8-9,14,16,18H,2,6-7,10-13H2,1H3. The maximum absolute atomic E-state index is 10.2. The van der Waals surface area contributed by atoms with Crippen LogP contribution in [0.2, 0.25) is 0 Å². The third-order valence-corrected chi connectivity index (χ3v) is 4.13. The van der Waals surface area contributed by atoms with E-state index in [9.17, 15) is 5.11 Å². The molecular weight excluding hydrogens is 222 g/mol. The van der Waals surface area contributed by atoms with Crippen LogP contribution in [0.3, 0.4) is 0 Å². The van der Waals surface area contributed by atoms with Gasteiger partial charge in [0.05, 0.1) is 6.10 Å². The lowest BCUT2D eigenvalue weighted by atomic mass is 9.98. The van der Waals surface area contributed by atoms with Crippen molar-refractivity contribution in [2.75, 3.05) is 19.6 Å². The van der Waals surface area contributed by atoms with Crippen molar-refractivity contribution in [1.29, 1.82) is 0 Å². The van der Waals surface area contributed by atoms with E-state index in [-0.39, 0.29) is 6.10 Å². The Morgan fingerprint density at radius 2 is 2.00 bits per heavy atom. The molecule has 1 aliphatic rings. The van der Waals surface area contributed by atoms with E-state index >= 15 is 0 Å². The molecule has 2 unspecified atom stereocenters. The molecule has 1 fully saturated rings. The Balaban J connectivity index is 1.86. The minimum Gasteiger partial charge on any atom is -0.387 e. The van der Waals surface area contributed by atoms with Crippen molar-refractivity contribution in [3.8, 4) is 0 Å². The molecule has 1 aromatic carbocycles. The summed E-state index contributed by atoms with van der Waals surface area (Å²) in [6.45, 7) is 5.35. The van der Waals surface area contributed by atoms with Crippen molar-refractivity contribution in [2.24, 2.45) is 5.92 Å². The number of aliphatic hydroxyl groups is 1. The van der Waals surface area contributed by atoms with Gasteiger partial charge in [0.1, 0.15) is 0 Å². The maximum Gasteiger partial charge on any atom is 0.0916 e. The zero-order valence-electron chi connectivity index (χ0n) is 11.4. The van der Waals surface area contributed by atoms with Crippen LogP contribution in [0.5, 0.6) is 0 Å². The van der Waals surface area contributed by atoms with Crippen molar-refractivity contribution >= 4 is 0 Å². The summed E-state index contributed by atoms with van der Waals surface area (Å²) >= 11 is 0. The third-order valence-electron chi connectivity index (χ3n) is 4.13. The van der Waals surface area contributed by atoms with E-state index < -0.39 is 0 Å². The molecule has 0 aromatic heterocycles. The number of rotatable bonds is 4. The lowest BCUT2D eigenvalue weighted by Gasteiger charge is -2.23. The Kier molecular flexibility index (Phi) is 5.21. The van der Waals surface area contributed by atoms with Crippen LogP contribution in [0.15, 0.2) is 30.3 Å². The van der Waals surface area contributed by atoms with Gasteiger partial charge in [0.25, 0.3) is 0 Å². The Labute approximate surface area is 111 Å². The molecule has 2 heteroatoms. The minimum absolute atomic E-state index is 0.343. The van der Waals surface area contributed by atoms with Crippen molar-refractivity contribution in [1.82, 2.24) is 4.90 Å². The molecule has 1 saturated heterocycles.